The highest BCUT2D eigenvalue weighted by atomic mass is 35.5. The van der Waals surface area contributed by atoms with Crippen LogP contribution in [0.4, 0.5) is 5.69 Å². The van der Waals surface area contributed by atoms with Gasteiger partial charge >= 0.3 is 0 Å². The molecule has 0 aliphatic rings. The first-order valence-electron chi connectivity index (χ1n) is 6.25. The van der Waals surface area contributed by atoms with Gasteiger partial charge in [0.15, 0.2) is 0 Å². The average Bonchev–Trinajstić information content (AvgIpc) is 2.74. The summed E-state index contributed by atoms with van der Waals surface area (Å²) in [6, 6.07) is 11.6. The van der Waals surface area contributed by atoms with Gasteiger partial charge in [-0.25, -0.2) is 4.98 Å². The molecule has 20 heavy (non-hydrogen) atoms. The lowest BCUT2D eigenvalue weighted by molar-refractivity contribution is 1.15. The van der Waals surface area contributed by atoms with Crippen LogP contribution in [0.25, 0.3) is 11.0 Å². The maximum Gasteiger partial charge on any atom is 0.104 e. The summed E-state index contributed by atoms with van der Waals surface area (Å²) in [5, 5.41) is 4.65. The summed E-state index contributed by atoms with van der Waals surface area (Å²) in [4.78, 5) is 7.60. The van der Waals surface area contributed by atoms with Crippen molar-refractivity contribution in [1.82, 2.24) is 9.97 Å². The highest BCUT2D eigenvalue weighted by Crippen LogP contribution is 2.21. The zero-order valence-electron chi connectivity index (χ0n) is 10.9. The first kappa shape index (κ1) is 13.3. The van der Waals surface area contributed by atoms with Gasteiger partial charge in [0, 0.05) is 22.3 Å². The first-order chi connectivity index (χ1) is 9.60. The van der Waals surface area contributed by atoms with Gasteiger partial charge in [-0.3, -0.25) is 0 Å². The molecule has 2 aromatic carbocycles. The Hall–Kier alpha value is -1.71. The summed E-state index contributed by atoms with van der Waals surface area (Å²) in [7, 11) is 0. The number of rotatable bonds is 3. The Bertz CT molecular complexity index is 745. The molecule has 1 heterocycles. The molecular weight excluding hydrogens is 293 g/mol. The molecule has 0 bridgehead atoms. The minimum Gasteiger partial charge on any atom is -0.381 e. The molecule has 0 amide bonds. The summed E-state index contributed by atoms with van der Waals surface area (Å²) in [5.74, 6) is 0.916. The molecule has 0 atom stereocenters. The number of nitrogens with zero attached hydrogens (tertiary/aromatic N) is 1. The van der Waals surface area contributed by atoms with E-state index >= 15 is 0 Å². The molecule has 3 rings (SSSR count). The second-order valence-corrected chi connectivity index (χ2v) is 5.56. The number of hydrogen-bond acceptors (Lipinski definition) is 2. The lowest BCUT2D eigenvalue weighted by atomic mass is 10.2. The van der Waals surface area contributed by atoms with Crippen LogP contribution in [0.15, 0.2) is 36.4 Å². The number of imidazole rings is 1. The van der Waals surface area contributed by atoms with Gasteiger partial charge in [0.1, 0.15) is 5.82 Å². The van der Waals surface area contributed by atoms with Crippen molar-refractivity contribution in [1.29, 1.82) is 0 Å². The molecule has 3 nitrogen and oxygen atoms in total. The van der Waals surface area contributed by atoms with Gasteiger partial charge in [0.2, 0.25) is 0 Å². The predicted molar refractivity (Wildman–Crippen MR) is 84.6 cm³/mol. The van der Waals surface area contributed by atoms with Crippen LogP contribution in [0, 0.1) is 6.92 Å². The van der Waals surface area contributed by atoms with Crippen LogP contribution < -0.4 is 5.32 Å². The van der Waals surface area contributed by atoms with Crippen LogP contribution >= 0.6 is 23.2 Å². The third-order valence-corrected chi connectivity index (χ3v) is 3.46. The van der Waals surface area contributed by atoms with Crippen LogP contribution in [0.1, 0.15) is 11.4 Å². The van der Waals surface area contributed by atoms with E-state index in [0.717, 1.165) is 28.1 Å². The Morgan fingerprint density at radius 3 is 2.60 bits per heavy atom. The molecule has 1 aromatic heterocycles. The lowest BCUT2D eigenvalue weighted by Gasteiger charge is -2.07. The first-order valence-corrected chi connectivity index (χ1v) is 7.01. The van der Waals surface area contributed by atoms with Gasteiger partial charge in [-0.1, -0.05) is 23.2 Å². The second-order valence-electron chi connectivity index (χ2n) is 4.69. The number of fused-ring (bicyclic) bond motifs is 1. The molecule has 3 aromatic rings. The van der Waals surface area contributed by atoms with Crippen LogP contribution in [0.5, 0.6) is 0 Å². The van der Waals surface area contributed by atoms with E-state index in [-0.39, 0.29) is 0 Å². The molecule has 0 aliphatic heterocycles. The number of anilines is 1. The lowest BCUT2D eigenvalue weighted by Crippen LogP contribution is -1.99. The molecule has 0 fully saturated rings. The number of halogens is 2. The number of aromatic amines is 1. The smallest absolute Gasteiger partial charge is 0.104 e. The Morgan fingerprint density at radius 1 is 1.10 bits per heavy atom. The molecule has 0 saturated carbocycles. The third kappa shape index (κ3) is 2.89. The topological polar surface area (TPSA) is 40.7 Å². The van der Waals surface area contributed by atoms with E-state index in [1.165, 1.54) is 0 Å². The van der Waals surface area contributed by atoms with E-state index in [9.17, 15) is 0 Å². The van der Waals surface area contributed by atoms with E-state index < -0.39 is 0 Å². The van der Waals surface area contributed by atoms with Crippen molar-refractivity contribution in [2.24, 2.45) is 0 Å². The van der Waals surface area contributed by atoms with E-state index in [0.29, 0.717) is 16.6 Å². The molecule has 0 spiro atoms. The highest BCUT2D eigenvalue weighted by Gasteiger charge is 2.02. The van der Waals surface area contributed by atoms with Crippen molar-refractivity contribution in [3.63, 3.8) is 0 Å². The van der Waals surface area contributed by atoms with Crippen LogP contribution in [-0.2, 0) is 6.54 Å². The summed E-state index contributed by atoms with van der Waals surface area (Å²) in [6.07, 6.45) is 0. The highest BCUT2D eigenvalue weighted by molar-refractivity contribution is 6.34. The van der Waals surface area contributed by atoms with Gasteiger partial charge in [-0.2, -0.15) is 0 Å². The van der Waals surface area contributed by atoms with Gasteiger partial charge in [-0.05, 0) is 48.9 Å². The fraction of sp³-hybridized carbons (Fsp3) is 0.133. The van der Waals surface area contributed by atoms with Crippen molar-refractivity contribution in [2.75, 3.05) is 5.32 Å². The molecule has 102 valence electrons. The van der Waals surface area contributed by atoms with Crippen LogP contribution in [-0.4, -0.2) is 9.97 Å². The SMILES string of the molecule is Cc1nc2ccc(NCc3cc(Cl)cc(Cl)c3)cc2[nH]1. The van der Waals surface area contributed by atoms with E-state index in [2.05, 4.69) is 15.3 Å². The maximum absolute atomic E-state index is 5.99. The van der Waals surface area contributed by atoms with Crippen LogP contribution in [0.3, 0.4) is 0 Å². The Morgan fingerprint density at radius 2 is 1.85 bits per heavy atom. The van der Waals surface area contributed by atoms with Crippen molar-refractivity contribution in [2.45, 2.75) is 13.5 Å². The van der Waals surface area contributed by atoms with Gasteiger partial charge in [-0.15, -0.1) is 0 Å². The largest absolute Gasteiger partial charge is 0.381 e. The minimum atomic E-state index is 0.647. The summed E-state index contributed by atoms with van der Waals surface area (Å²) >= 11 is 12.0. The summed E-state index contributed by atoms with van der Waals surface area (Å²) in [6.45, 7) is 2.61. The molecular formula is C15H13Cl2N3. The number of aromatic nitrogens is 2. The van der Waals surface area contributed by atoms with Crippen molar-refractivity contribution in [3.8, 4) is 0 Å². The predicted octanol–water partition coefficient (Wildman–Crippen LogP) is 4.79. The van der Waals surface area contributed by atoms with E-state index in [1.54, 1.807) is 6.07 Å². The fourth-order valence-corrected chi connectivity index (χ4v) is 2.74. The van der Waals surface area contributed by atoms with Crippen molar-refractivity contribution < 1.29 is 0 Å². The Labute approximate surface area is 126 Å². The number of benzene rings is 2. The van der Waals surface area contributed by atoms with Crippen LogP contribution in [0.2, 0.25) is 10.0 Å². The van der Waals surface area contributed by atoms with E-state index in [1.807, 2.05) is 37.3 Å². The van der Waals surface area contributed by atoms with Crippen molar-refractivity contribution >= 4 is 39.9 Å². The Kier molecular flexibility index (Phi) is 3.55. The van der Waals surface area contributed by atoms with Gasteiger partial charge < -0.3 is 10.3 Å². The molecule has 0 unspecified atom stereocenters. The fourth-order valence-electron chi connectivity index (χ4n) is 2.16. The number of hydrogen-bond donors (Lipinski definition) is 2. The zero-order chi connectivity index (χ0) is 14.1. The van der Waals surface area contributed by atoms with E-state index in [4.69, 9.17) is 23.2 Å². The Balaban J connectivity index is 1.79. The third-order valence-electron chi connectivity index (χ3n) is 3.02. The molecule has 0 radical (unpaired) electrons. The molecule has 0 aliphatic carbocycles. The number of H-pyrrole nitrogens is 1. The van der Waals surface area contributed by atoms with Gasteiger partial charge in [0.25, 0.3) is 0 Å². The monoisotopic (exact) mass is 305 g/mol. The molecule has 2 N–H and O–H groups in total. The van der Waals surface area contributed by atoms with Gasteiger partial charge in [0.05, 0.1) is 11.0 Å². The molecule has 0 saturated heterocycles. The number of aryl methyl sites for hydroxylation is 1. The minimum absolute atomic E-state index is 0.647. The second kappa shape index (κ2) is 5.35. The maximum atomic E-state index is 5.99. The normalized spacial score (nSPS) is 10.9. The molecule has 5 heteroatoms. The summed E-state index contributed by atoms with van der Waals surface area (Å²) < 4.78 is 0. The average molecular weight is 306 g/mol. The quantitative estimate of drug-likeness (QED) is 0.730. The number of nitrogens with one attached hydrogen (secondary N) is 2. The van der Waals surface area contributed by atoms with Crippen molar-refractivity contribution in [3.05, 3.63) is 57.8 Å². The standard InChI is InChI=1S/C15H13Cl2N3/c1-9-19-14-3-2-13(7-15(14)20-9)18-8-10-4-11(16)6-12(17)5-10/h2-7,18H,8H2,1H3,(H,19,20). The zero-order valence-corrected chi connectivity index (χ0v) is 12.4. The summed E-state index contributed by atoms with van der Waals surface area (Å²) in [5.41, 5.74) is 4.07.